The van der Waals surface area contributed by atoms with Crippen molar-refractivity contribution in [2.75, 3.05) is 27.4 Å². The number of carbonyl (C=O) groups excluding carboxylic acids is 1. The number of benzene rings is 2. The van der Waals surface area contributed by atoms with E-state index in [0.717, 1.165) is 0 Å². The van der Waals surface area contributed by atoms with Crippen LogP contribution in [0.1, 0.15) is 10.4 Å². The molecule has 2 aromatic rings. The Morgan fingerprint density at radius 3 is 2.48 bits per heavy atom. The summed E-state index contributed by atoms with van der Waals surface area (Å²) in [5, 5.41) is 0. The molecule has 5 nitrogen and oxygen atoms in total. The quantitative estimate of drug-likeness (QED) is 0.580. The second-order valence-corrected chi connectivity index (χ2v) is 4.48. The number of para-hydroxylation sites is 1. The van der Waals surface area contributed by atoms with E-state index in [4.69, 9.17) is 18.9 Å². The molecule has 0 amide bonds. The Morgan fingerprint density at radius 1 is 1.00 bits per heavy atom. The second-order valence-electron chi connectivity index (χ2n) is 4.48. The van der Waals surface area contributed by atoms with Gasteiger partial charge < -0.3 is 18.9 Å². The van der Waals surface area contributed by atoms with E-state index in [1.165, 1.54) is 26.4 Å². The van der Waals surface area contributed by atoms with Crippen LogP contribution in [-0.4, -0.2) is 33.4 Å². The van der Waals surface area contributed by atoms with Crippen LogP contribution in [0, 0.1) is 5.82 Å². The lowest BCUT2D eigenvalue weighted by atomic mass is 10.2. The van der Waals surface area contributed by atoms with Gasteiger partial charge in [0.1, 0.15) is 30.3 Å². The number of carbonyl (C=O) groups is 1. The third-order valence-corrected chi connectivity index (χ3v) is 3.04. The van der Waals surface area contributed by atoms with Crippen LogP contribution in [0.3, 0.4) is 0 Å². The van der Waals surface area contributed by atoms with Crippen molar-refractivity contribution in [1.82, 2.24) is 0 Å². The van der Waals surface area contributed by atoms with Crippen LogP contribution in [0.5, 0.6) is 17.2 Å². The Bertz CT molecular complexity index is 672. The molecule has 0 radical (unpaired) electrons. The van der Waals surface area contributed by atoms with E-state index in [1.807, 2.05) is 0 Å². The second kappa shape index (κ2) is 8.03. The van der Waals surface area contributed by atoms with Gasteiger partial charge in [0.05, 0.1) is 14.2 Å². The van der Waals surface area contributed by atoms with Crippen LogP contribution in [0.15, 0.2) is 42.5 Å². The predicted molar refractivity (Wildman–Crippen MR) is 81.7 cm³/mol. The van der Waals surface area contributed by atoms with E-state index in [2.05, 4.69) is 0 Å². The van der Waals surface area contributed by atoms with Crippen molar-refractivity contribution in [2.24, 2.45) is 0 Å². The van der Waals surface area contributed by atoms with Gasteiger partial charge in [0, 0.05) is 6.07 Å². The first kappa shape index (κ1) is 16.6. The molecule has 0 aliphatic rings. The van der Waals surface area contributed by atoms with Crippen molar-refractivity contribution in [2.45, 2.75) is 0 Å². The smallest absolute Gasteiger partial charge is 0.342 e. The predicted octanol–water partition coefficient (Wildman–Crippen LogP) is 3.08. The Morgan fingerprint density at radius 2 is 1.78 bits per heavy atom. The topological polar surface area (TPSA) is 54.0 Å². The normalized spacial score (nSPS) is 10.0. The molecule has 0 saturated heterocycles. The van der Waals surface area contributed by atoms with Crippen molar-refractivity contribution < 1.29 is 28.1 Å². The Hall–Kier alpha value is -2.76. The average Bonchev–Trinajstić information content (AvgIpc) is 2.59. The molecular formula is C17H17FO5. The first-order valence-electron chi connectivity index (χ1n) is 6.92. The van der Waals surface area contributed by atoms with Crippen LogP contribution < -0.4 is 14.2 Å². The summed E-state index contributed by atoms with van der Waals surface area (Å²) >= 11 is 0. The van der Waals surface area contributed by atoms with Gasteiger partial charge >= 0.3 is 5.97 Å². The molecule has 0 aromatic heterocycles. The number of esters is 1. The van der Waals surface area contributed by atoms with Gasteiger partial charge in [0.25, 0.3) is 0 Å². The summed E-state index contributed by atoms with van der Waals surface area (Å²) in [6.07, 6.45) is 0. The third kappa shape index (κ3) is 4.35. The standard InChI is InChI=1S/C17H17FO5/c1-20-12-7-8-13(16(11-12)21-2)17(19)23-10-9-22-15-6-4-3-5-14(15)18/h3-8,11H,9-10H2,1-2H3. The van der Waals surface area contributed by atoms with Crippen molar-refractivity contribution in [1.29, 1.82) is 0 Å². The largest absolute Gasteiger partial charge is 0.497 e. The lowest BCUT2D eigenvalue weighted by Crippen LogP contribution is -2.13. The van der Waals surface area contributed by atoms with Gasteiger partial charge in [-0.1, -0.05) is 12.1 Å². The summed E-state index contributed by atoms with van der Waals surface area (Å²) in [5.41, 5.74) is 0.277. The highest BCUT2D eigenvalue weighted by molar-refractivity contribution is 5.92. The fourth-order valence-electron chi connectivity index (χ4n) is 1.89. The fraction of sp³-hybridized carbons (Fsp3) is 0.235. The van der Waals surface area contributed by atoms with Crippen LogP contribution in [0.4, 0.5) is 4.39 Å². The van der Waals surface area contributed by atoms with E-state index in [1.54, 1.807) is 30.3 Å². The highest BCUT2D eigenvalue weighted by atomic mass is 19.1. The van der Waals surface area contributed by atoms with Crippen LogP contribution in [0.2, 0.25) is 0 Å². The lowest BCUT2D eigenvalue weighted by Gasteiger charge is -2.11. The maximum absolute atomic E-state index is 13.3. The number of methoxy groups -OCH3 is 2. The minimum absolute atomic E-state index is 0.0116. The van der Waals surface area contributed by atoms with E-state index < -0.39 is 11.8 Å². The summed E-state index contributed by atoms with van der Waals surface area (Å²) < 4.78 is 33.9. The summed E-state index contributed by atoms with van der Waals surface area (Å²) in [5.74, 6) is 0.0218. The molecule has 2 rings (SSSR count). The monoisotopic (exact) mass is 320 g/mol. The molecule has 122 valence electrons. The molecule has 0 heterocycles. The molecule has 0 unspecified atom stereocenters. The number of hydrogen-bond donors (Lipinski definition) is 0. The Balaban J connectivity index is 1.89. The zero-order valence-electron chi connectivity index (χ0n) is 12.9. The minimum atomic E-state index is -0.554. The highest BCUT2D eigenvalue weighted by Gasteiger charge is 2.14. The number of rotatable bonds is 7. The molecule has 0 bridgehead atoms. The van der Waals surface area contributed by atoms with Crippen molar-refractivity contribution in [3.05, 3.63) is 53.8 Å². The van der Waals surface area contributed by atoms with Gasteiger partial charge in [-0.2, -0.15) is 0 Å². The van der Waals surface area contributed by atoms with Gasteiger partial charge in [-0.3, -0.25) is 0 Å². The minimum Gasteiger partial charge on any atom is -0.497 e. The van der Waals surface area contributed by atoms with Gasteiger partial charge in [-0.25, -0.2) is 9.18 Å². The molecule has 2 aromatic carbocycles. The van der Waals surface area contributed by atoms with Crippen LogP contribution in [0.25, 0.3) is 0 Å². The summed E-state index contributed by atoms with van der Waals surface area (Å²) in [7, 11) is 2.97. The SMILES string of the molecule is COc1ccc(C(=O)OCCOc2ccccc2F)c(OC)c1. The first-order chi connectivity index (χ1) is 11.2. The molecule has 0 saturated carbocycles. The molecular weight excluding hydrogens is 303 g/mol. The van der Waals surface area contributed by atoms with Gasteiger partial charge in [-0.15, -0.1) is 0 Å². The Kier molecular flexibility index (Phi) is 5.80. The van der Waals surface area contributed by atoms with E-state index in [0.29, 0.717) is 11.5 Å². The van der Waals surface area contributed by atoms with Crippen molar-refractivity contribution in [3.8, 4) is 17.2 Å². The molecule has 0 atom stereocenters. The summed E-state index contributed by atoms with van der Waals surface area (Å²) in [4.78, 5) is 12.0. The molecule has 0 N–H and O–H groups in total. The maximum Gasteiger partial charge on any atom is 0.342 e. The number of halogens is 1. The van der Waals surface area contributed by atoms with E-state index in [9.17, 15) is 9.18 Å². The van der Waals surface area contributed by atoms with Crippen molar-refractivity contribution in [3.63, 3.8) is 0 Å². The van der Waals surface area contributed by atoms with Crippen LogP contribution >= 0.6 is 0 Å². The van der Waals surface area contributed by atoms with Gasteiger partial charge in [0.2, 0.25) is 0 Å². The molecule has 6 heteroatoms. The van der Waals surface area contributed by atoms with Crippen LogP contribution in [-0.2, 0) is 4.74 Å². The van der Waals surface area contributed by atoms with E-state index in [-0.39, 0.29) is 24.5 Å². The van der Waals surface area contributed by atoms with Crippen molar-refractivity contribution >= 4 is 5.97 Å². The van der Waals surface area contributed by atoms with Gasteiger partial charge in [-0.05, 0) is 24.3 Å². The Labute approximate surface area is 133 Å². The van der Waals surface area contributed by atoms with E-state index >= 15 is 0 Å². The van der Waals surface area contributed by atoms with Gasteiger partial charge in [0.15, 0.2) is 11.6 Å². The maximum atomic E-state index is 13.3. The summed E-state index contributed by atoms with van der Waals surface area (Å²) in [6, 6.07) is 10.8. The average molecular weight is 320 g/mol. The third-order valence-electron chi connectivity index (χ3n) is 3.04. The number of ether oxygens (including phenoxy) is 4. The highest BCUT2D eigenvalue weighted by Crippen LogP contribution is 2.25. The first-order valence-corrected chi connectivity index (χ1v) is 6.92. The molecule has 0 fully saturated rings. The fourth-order valence-corrected chi connectivity index (χ4v) is 1.89. The zero-order valence-corrected chi connectivity index (χ0v) is 12.9. The molecule has 0 spiro atoms. The zero-order chi connectivity index (χ0) is 16.7. The molecule has 0 aliphatic carbocycles. The lowest BCUT2D eigenvalue weighted by molar-refractivity contribution is 0.0445. The number of hydrogen-bond acceptors (Lipinski definition) is 5. The molecule has 0 aliphatic heterocycles. The molecule has 23 heavy (non-hydrogen) atoms. The summed E-state index contributed by atoms with van der Waals surface area (Å²) in [6.45, 7) is 0.0352.